The standard InChI is InChI=1S/C16H25N3O2S/c20-15-2-1-4-18(11-15)12-16(21)19-7-5-17(6-8-19)10-14-3-9-22-13-14/h3,9,13,15,20H,1-2,4-8,10-12H2/t15-/m1/s1. The average molecular weight is 323 g/mol. The molecule has 1 aromatic heterocycles. The fourth-order valence-corrected chi connectivity index (χ4v) is 3.92. The van der Waals surface area contributed by atoms with Crippen molar-refractivity contribution in [1.82, 2.24) is 14.7 Å². The van der Waals surface area contributed by atoms with E-state index in [4.69, 9.17) is 0 Å². The lowest BCUT2D eigenvalue weighted by Crippen LogP contribution is -2.52. The van der Waals surface area contributed by atoms with E-state index < -0.39 is 0 Å². The fourth-order valence-electron chi connectivity index (χ4n) is 3.26. The number of piperazine rings is 1. The van der Waals surface area contributed by atoms with E-state index in [2.05, 4.69) is 26.6 Å². The first kappa shape index (κ1) is 15.9. The highest BCUT2D eigenvalue weighted by molar-refractivity contribution is 7.07. The van der Waals surface area contributed by atoms with Crippen LogP contribution in [0.15, 0.2) is 16.8 Å². The number of amides is 1. The molecular formula is C16H25N3O2S. The smallest absolute Gasteiger partial charge is 0.236 e. The second kappa shape index (κ2) is 7.55. The molecule has 0 spiro atoms. The van der Waals surface area contributed by atoms with Crippen molar-refractivity contribution in [2.75, 3.05) is 45.8 Å². The number of carbonyl (C=O) groups excluding carboxylic acids is 1. The summed E-state index contributed by atoms with van der Waals surface area (Å²) in [4.78, 5) is 18.9. The number of likely N-dealkylation sites (tertiary alicyclic amines) is 1. The molecule has 2 aliphatic heterocycles. The normalized spacial score (nSPS) is 24.6. The number of hydrogen-bond acceptors (Lipinski definition) is 5. The summed E-state index contributed by atoms with van der Waals surface area (Å²) >= 11 is 1.74. The van der Waals surface area contributed by atoms with E-state index in [0.29, 0.717) is 13.1 Å². The van der Waals surface area contributed by atoms with Crippen molar-refractivity contribution in [2.45, 2.75) is 25.5 Å². The number of β-amino-alcohol motifs (C(OH)–C–C–N with tert-alkyl or cyclic N) is 1. The van der Waals surface area contributed by atoms with Crippen molar-refractivity contribution in [3.05, 3.63) is 22.4 Å². The van der Waals surface area contributed by atoms with Crippen LogP contribution < -0.4 is 0 Å². The van der Waals surface area contributed by atoms with Gasteiger partial charge in [-0.2, -0.15) is 11.3 Å². The maximum atomic E-state index is 12.4. The van der Waals surface area contributed by atoms with Crippen LogP contribution in [0.3, 0.4) is 0 Å². The molecule has 0 radical (unpaired) electrons. The molecule has 122 valence electrons. The second-order valence-electron chi connectivity index (χ2n) is 6.32. The van der Waals surface area contributed by atoms with Gasteiger partial charge in [-0.25, -0.2) is 0 Å². The first-order valence-electron chi connectivity index (χ1n) is 8.12. The number of hydrogen-bond donors (Lipinski definition) is 1. The monoisotopic (exact) mass is 323 g/mol. The summed E-state index contributed by atoms with van der Waals surface area (Å²) in [5.41, 5.74) is 1.37. The van der Waals surface area contributed by atoms with Crippen LogP contribution in [0.1, 0.15) is 18.4 Å². The topological polar surface area (TPSA) is 47.0 Å². The van der Waals surface area contributed by atoms with Gasteiger partial charge in [0.2, 0.25) is 5.91 Å². The Morgan fingerprint density at radius 1 is 1.23 bits per heavy atom. The minimum atomic E-state index is -0.260. The van der Waals surface area contributed by atoms with Crippen LogP contribution in [-0.4, -0.2) is 77.6 Å². The molecule has 0 aliphatic carbocycles. The largest absolute Gasteiger partial charge is 0.392 e. The van der Waals surface area contributed by atoms with E-state index in [0.717, 1.165) is 52.1 Å². The third-order valence-electron chi connectivity index (χ3n) is 4.55. The molecule has 0 aromatic carbocycles. The predicted octanol–water partition coefficient (Wildman–Crippen LogP) is 0.849. The predicted molar refractivity (Wildman–Crippen MR) is 87.9 cm³/mol. The molecule has 2 aliphatic rings. The molecule has 22 heavy (non-hydrogen) atoms. The number of nitrogens with zero attached hydrogens (tertiary/aromatic N) is 3. The van der Waals surface area contributed by atoms with Gasteiger partial charge in [0.1, 0.15) is 0 Å². The Morgan fingerprint density at radius 3 is 2.73 bits per heavy atom. The molecule has 1 N–H and O–H groups in total. The lowest BCUT2D eigenvalue weighted by Gasteiger charge is -2.36. The molecule has 1 atom stereocenters. The van der Waals surface area contributed by atoms with Gasteiger partial charge in [0.15, 0.2) is 0 Å². The lowest BCUT2D eigenvalue weighted by molar-refractivity contribution is -0.134. The highest BCUT2D eigenvalue weighted by Crippen LogP contribution is 2.13. The third-order valence-corrected chi connectivity index (χ3v) is 5.28. The molecule has 2 saturated heterocycles. The SMILES string of the molecule is O=C(CN1CCC[C@@H](O)C1)N1CCN(Cc2ccsc2)CC1. The molecular weight excluding hydrogens is 298 g/mol. The van der Waals surface area contributed by atoms with E-state index in [1.807, 2.05) is 4.90 Å². The van der Waals surface area contributed by atoms with Crippen LogP contribution in [0.5, 0.6) is 0 Å². The van der Waals surface area contributed by atoms with Crippen LogP contribution in [-0.2, 0) is 11.3 Å². The number of piperidine rings is 1. The number of thiophene rings is 1. The summed E-state index contributed by atoms with van der Waals surface area (Å²) in [7, 11) is 0. The lowest BCUT2D eigenvalue weighted by atomic mass is 10.1. The van der Waals surface area contributed by atoms with Gasteiger partial charge in [-0.3, -0.25) is 14.6 Å². The zero-order valence-corrected chi connectivity index (χ0v) is 13.8. The summed E-state index contributed by atoms with van der Waals surface area (Å²) in [6.07, 6.45) is 1.60. The molecule has 6 heteroatoms. The van der Waals surface area contributed by atoms with Crippen molar-refractivity contribution in [1.29, 1.82) is 0 Å². The Kier molecular flexibility index (Phi) is 5.46. The van der Waals surface area contributed by atoms with E-state index in [1.165, 1.54) is 5.56 Å². The molecule has 1 amide bonds. The maximum Gasteiger partial charge on any atom is 0.236 e. The Morgan fingerprint density at radius 2 is 2.05 bits per heavy atom. The van der Waals surface area contributed by atoms with Gasteiger partial charge in [0, 0.05) is 39.3 Å². The molecule has 1 aromatic rings. The van der Waals surface area contributed by atoms with Crippen molar-refractivity contribution in [2.24, 2.45) is 0 Å². The van der Waals surface area contributed by atoms with Gasteiger partial charge in [-0.1, -0.05) is 0 Å². The van der Waals surface area contributed by atoms with Crippen molar-refractivity contribution < 1.29 is 9.90 Å². The van der Waals surface area contributed by atoms with E-state index in [9.17, 15) is 9.90 Å². The quantitative estimate of drug-likeness (QED) is 0.892. The zero-order chi connectivity index (χ0) is 15.4. The minimum Gasteiger partial charge on any atom is -0.392 e. The zero-order valence-electron chi connectivity index (χ0n) is 13.0. The van der Waals surface area contributed by atoms with Crippen LogP contribution in [0.25, 0.3) is 0 Å². The van der Waals surface area contributed by atoms with Gasteiger partial charge < -0.3 is 10.0 Å². The number of carbonyl (C=O) groups is 1. The van der Waals surface area contributed by atoms with Gasteiger partial charge >= 0.3 is 0 Å². The van der Waals surface area contributed by atoms with E-state index in [1.54, 1.807) is 11.3 Å². The first-order chi connectivity index (χ1) is 10.7. The fraction of sp³-hybridized carbons (Fsp3) is 0.688. The van der Waals surface area contributed by atoms with Crippen LogP contribution in [0.2, 0.25) is 0 Å². The maximum absolute atomic E-state index is 12.4. The van der Waals surface area contributed by atoms with Crippen molar-refractivity contribution in [3.8, 4) is 0 Å². The first-order valence-corrected chi connectivity index (χ1v) is 9.06. The Balaban J connectivity index is 1.41. The summed E-state index contributed by atoms with van der Waals surface area (Å²) in [5.74, 6) is 0.212. The Labute approximate surface area is 136 Å². The number of aliphatic hydroxyl groups is 1. The minimum absolute atomic E-state index is 0.212. The molecule has 3 rings (SSSR count). The van der Waals surface area contributed by atoms with E-state index in [-0.39, 0.29) is 12.0 Å². The van der Waals surface area contributed by atoms with Crippen LogP contribution in [0.4, 0.5) is 0 Å². The number of aliphatic hydroxyl groups excluding tert-OH is 1. The Bertz CT molecular complexity index is 472. The highest BCUT2D eigenvalue weighted by Gasteiger charge is 2.25. The van der Waals surface area contributed by atoms with Gasteiger partial charge in [-0.05, 0) is 41.8 Å². The molecule has 0 unspecified atom stereocenters. The highest BCUT2D eigenvalue weighted by atomic mass is 32.1. The molecule has 2 fully saturated rings. The third kappa shape index (κ3) is 4.29. The van der Waals surface area contributed by atoms with E-state index >= 15 is 0 Å². The summed E-state index contributed by atoms with van der Waals surface area (Å²) in [6, 6.07) is 2.17. The summed E-state index contributed by atoms with van der Waals surface area (Å²) < 4.78 is 0. The summed E-state index contributed by atoms with van der Waals surface area (Å²) in [6.45, 7) is 6.56. The second-order valence-corrected chi connectivity index (χ2v) is 7.10. The molecule has 3 heterocycles. The van der Waals surface area contributed by atoms with Crippen molar-refractivity contribution in [3.63, 3.8) is 0 Å². The van der Waals surface area contributed by atoms with Gasteiger partial charge in [-0.15, -0.1) is 0 Å². The summed E-state index contributed by atoms with van der Waals surface area (Å²) in [5, 5.41) is 14.0. The van der Waals surface area contributed by atoms with Crippen LogP contribution >= 0.6 is 11.3 Å². The Hall–Kier alpha value is -0.950. The average Bonchev–Trinajstić information content (AvgIpc) is 3.01. The number of rotatable bonds is 4. The van der Waals surface area contributed by atoms with Crippen molar-refractivity contribution >= 4 is 17.2 Å². The molecule has 5 nitrogen and oxygen atoms in total. The molecule has 0 saturated carbocycles. The van der Waals surface area contributed by atoms with Gasteiger partial charge in [0.25, 0.3) is 0 Å². The van der Waals surface area contributed by atoms with Crippen LogP contribution in [0, 0.1) is 0 Å². The van der Waals surface area contributed by atoms with Gasteiger partial charge in [0.05, 0.1) is 12.6 Å². The molecule has 0 bridgehead atoms.